The molecule has 7 heteroatoms. The molecule has 1 heterocycles. The molecule has 1 aromatic heterocycles. The summed E-state index contributed by atoms with van der Waals surface area (Å²) in [5, 5.41) is 7.47. The molecule has 5 nitrogen and oxygen atoms in total. The van der Waals surface area contributed by atoms with E-state index in [4.69, 9.17) is 0 Å². The molecule has 0 saturated carbocycles. The molecule has 4 rings (SSSR count). The Hall–Kier alpha value is -3.06. The Morgan fingerprint density at radius 2 is 1.83 bits per heavy atom. The molecule has 2 amide bonds. The zero-order valence-electron chi connectivity index (χ0n) is 15.9. The van der Waals surface area contributed by atoms with Crippen molar-refractivity contribution in [3.8, 4) is 11.3 Å². The number of hydrogen-bond acceptors (Lipinski definition) is 4. The number of hydrogen-bond donors (Lipinski definition) is 2. The van der Waals surface area contributed by atoms with Crippen molar-refractivity contribution in [1.82, 2.24) is 4.98 Å². The zero-order chi connectivity index (χ0) is 20.4. The Morgan fingerprint density at radius 3 is 2.62 bits per heavy atom. The number of thiazole rings is 1. The van der Waals surface area contributed by atoms with Crippen LogP contribution in [0.25, 0.3) is 11.3 Å². The van der Waals surface area contributed by atoms with Gasteiger partial charge in [-0.05, 0) is 61.1 Å². The maximum absolute atomic E-state index is 14.1. The fourth-order valence-electron chi connectivity index (χ4n) is 3.50. The van der Waals surface area contributed by atoms with E-state index in [0.717, 1.165) is 30.2 Å². The molecule has 2 N–H and O–H groups in total. The number of anilines is 2. The van der Waals surface area contributed by atoms with Crippen LogP contribution in [0.2, 0.25) is 0 Å². The predicted molar refractivity (Wildman–Crippen MR) is 113 cm³/mol. The molecule has 148 valence electrons. The smallest absolute Gasteiger partial charge is 0.260 e. The van der Waals surface area contributed by atoms with Crippen molar-refractivity contribution in [2.45, 2.75) is 32.6 Å². The van der Waals surface area contributed by atoms with Gasteiger partial charge in [0.15, 0.2) is 5.13 Å². The number of aromatic nitrogens is 1. The van der Waals surface area contributed by atoms with Gasteiger partial charge in [0.05, 0.1) is 11.3 Å². The largest absolute Gasteiger partial charge is 0.326 e. The molecule has 0 unspecified atom stereocenters. The van der Waals surface area contributed by atoms with Crippen LogP contribution in [-0.4, -0.2) is 16.8 Å². The predicted octanol–water partition coefficient (Wildman–Crippen LogP) is 5.04. The second kappa shape index (κ2) is 8.13. The first kappa shape index (κ1) is 19.3. The van der Waals surface area contributed by atoms with Crippen LogP contribution in [-0.2, 0) is 17.6 Å². The molecule has 0 bridgehead atoms. The summed E-state index contributed by atoms with van der Waals surface area (Å²) < 4.78 is 14.1. The maximum atomic E-state index is 14.1. The van der Waals surface area contributed by atoms with Gasteiger partial charge in [0.25, 0.3) is 5.91 Å². The second-order valence-electron chi connectivity index (χ2n) is 7.06. The molecule has 0 spiro atoms. The summed E-state index contributed by atoms with van der Waals surface area (Å²) in [6.07, 6.45) is 4.65. The van der Waals surface area contributed by atoms with Crippen molar-refractivity contribution in [2.24, 2.45) is 0 Å². The molecule has 0 radical (unpaired) electrons. The lowest BCUT2D eigenvalue weighted by atomic mass is 9.90. The Bertz CT molecular complexity index is 1090. The van der Waals surface area contributed by atoms with Gasteiger partial charge in [0.1, 0.15) is 5.82 Å². The second-order valence-corrected chi connectivity index (χ2v) is 7.92. The summed E-state index contributed by atoms with van der Waals surface area (Å²) in [6, 6.07) is 10.3. The Morgan fingerprint density at radius 1 is 1.03 bits per heavy atom. The highest BCUT2D eigenvalue weighted by atomic mass is 32.1. The number of carbonyl (C=O) groups is 2. The molecule has 0 saturated heterocycles. The van der Waals surface area contributed by atoms with Gasteiger partial charge in [-0.3, -0.25) is 14.9 Å². The average molecular weight is 409 g/mol. The van der Waals surface area contributed by atoms with Crippen LogP contribution >= 0.6 is 11.3 Å². The highest BCUT2D eigenvalue weighted by Crippen LogP contribution is 2.30. The minimum absolute atomic E-state index is 0.151. The van der Waals surface area contributed by atoms with E-state index in [2.05, 4.69) is 33.8 Å². The van der Waals surface area contributed by atoms with Crippen molar-refractivity contribution in [1.29, 1.82) is 0 Å². The van der Waals surface area contributed by atoms with Gasteiger partial charge in [-0.2, -0.15) is 0 Å². The molecule has 0 fully saturated rings. The number of amides is 2. The van der Waals surface area contributed by atoms with Gasteiger partial charge in [-0.1, -0.05) is 12.1 Å². The quantitative estimate of drug-likeness (QED) is 0.634. The van der Waals surface area contributed by atoms with Crippen molar-refractivity contribution >= 4 is 34.0 Å². The van der Waals surface area contributed by atoms with Gasteiger partial charge in [-0.15, -0.1) is 11.3 Å². The Kier molecular flexibility index (Phi) is 5.40. The molecule has 1 aliphatic rings. The van der Waals surface area contributed by atoms with E-state index < -0.39 is 11.7 Å². The van der Waals surface area contributed by atoms with E-state index in [1.165, 1.54) is 54.4 Å². The summed E-state index contributed by atoms with van der Waals surface area (Å²) in [6.45, 7) is 1.35. The van der Waals surface area contributed by atoms with Crippen LogP contribution in [0.5, 0.6) is 0 Å². The summed E-state index contributed by atoms with van der Waals surface area (Å²) >= 11 is 1.29. The van der Waals surface area contributed by atoms with Crippen LogP contribution in [0.4, 0.5) is 15.2 Å². The highest BCUT2D eigenvalue weighted by molar-refractivity contribution is 7.14. The molecule has 3 aromatic rings. The van der Waals surface area contributed by atoms with E-state index in [0.29, 0.717) is 10.8 Å². The van der Waals surface area contributed by atoms with Gasteiger partial charge < -0.3 is 5.32 Å². The lowest BCUT2D eigenvalue weighted by Gasteiger charge is -2.16. The van der Waals surface area contributed by atoms with E-state index in [1.54, 1.807) is 0 Å². The third kappa shape index (κ3) is 4.35. The third-order valence-electron chi connectivity index (χ3n) is 4.90. The standard InChI is InChI=1S/C22H20FN3O2S/c1-13(27)24-17-8-9-19(23)18(11-17)21(28)26-22-25-20(12-29-22)16-7-6-14-4-2-3-5-15(14)10-16/h6-12H,2-5H2,1H3,(H,24,27)(H,25,26,28). The number of rotatable bonds is 4. The summed E-state index contributed by atoms with van der Waals surface area (Å²) in [4.78, 5) is 28.2. The van der Waals surface area contributed by atoms with Crippen LogP contribution in [0.1, 0.15) is 41.3 Å². The van der Waals surface area contributed by atoms with E-state index in [1.807, 2.05) is 5.38 Å². The highest BCUT2D eigenvalue weighted by Gasteiger charge is 2.16. The monoisotopic (exact) mass is 409 g/mol. The van der Waals surface area contributed by atoms with Gasteiger partial charge >= 0.3 is 0 Å². The van der Waals surface area contributed by atoms with Gasteiger partial charge in [0, 0.05) is 23.6 Å². The van der Waals surface area contributed by atoms with Crippen molar-refractivity contribution in [3.63, 3.8) is 0 Å². The van der Waals surface area contributed by atoms with Crippen molar-refractivity contribution < 1.29 is 14.0 Å². The molecular weight excluding hydrogens is 389 g/mol. The molecule has 1 aliphatic carbocycles. The third-order valence-corrected chi connectivity index (χ3v) is 5.66. The summed E-state index contributed by atoms with van der Waals surface area (Å²) in [5.41, 5.74) is 4.77. The molecule has 2 aromatic carbocycles. The molecule has 0 atom stereocenters. The summed E-state index contributed by atoms with van der Waals surface area (Å²) in [5.74, 6) is -1.57. The van der Waals surface area contributed by atoms with Crippen LogP contribution in [0.15, 0.2) is 41.8 Å². The number of benzene rings is 2. The van der Waals surface area contributed by atoms with E-state index in [-0.39, 0.29) is 11.5 Å². The molecule has 0 aliphatic heterocycles. The van der Waals surface area contributed by atoms with Crippen LogP contribution in [0.3, 0.4) is 0 Å². The number of carbonyl (C=O) groups excluding carboxylic acids is 2. The van der Waals surface area contributed by atoms with E-state index in [9.17, 15) is 14.0 Å². The Balaban J connectivity index is 1.52. The number of nitrogens with one attached hydrogen (secondary N) is 2. The number of halogens is 1. The summed E-state index contributed by atoms with van der Waals surface area (Å²) in [7, 11) is 0. The average Bonchev–Trinajstić information content (AvgIpc) is 3.17. The lowest BCUT2D eigenvalue weighted by molar-refractivity contribution is -0.114. The number of fused-ring (bicyclic) bond motifs is 1. The van der Waals surface area contributed by atoms with Gasteiger partial charge in [-0.25, -0.2) is 9.37 Å². The van der Waals surface area contributed by atoms with Gasteiger partial charge in [0.2, 0.25) is 5.91 Å². The zero-order valence-corrected chi connectivity index (χ0v) is 16.7. The number of aryl methyl sites for hydroxylation is 2. The minimum atomic E-state index is -0.664. The normalized spacial score (nSPS) is 12.9. The first-order chi connectivity index (χ1) is 14.0. The Labute approximate surface area is 172 Å². The fraction of sp³-hybridized carbons (Fsp3) is 0.227. The first-order valence-electron chi connectivity index (χ1n) is 9.46. The minimum Gasteiger partial charge on any atom is -0.326 e. The lowest BCUT2D eigenvalue weighted by Crippen LogP contribution is -2.15. The van der Waals surface area contributed by atoms with Crippen molar-refractivity contribution in [2.75, 3.05) is 10.6 Å². The van der Waals surface area contributed by atoms with Crippen molar-refractivity contribution in [3.05, 3.63) is 64.3 Å². The van der Waals surface area contributed by atoms with E-state index >= 15 is 0 Å². The van der Waals surface area contributed by atoms with Crippen LogP contribution in [0, 0.1) is 5.82 Å². The fourth-order valence-corrected chi connectivity index (χ4v) is 4.22. The number of nitrogens with zero attached hydrogens (tertiary/aromatic N) is 1. The molecule has 29 heavy (non-hydrogen) atoms. The maximum Gasteiger partial charge on any atom is 0.260 e. The topological polar surface area (TPSA) is 71.1 Å². The van der Waals surface area contributed by atoms with Crippen LogP contribution < -0.4 is 10.6 Å². The first-order valence-corrected chi connectivity index (χ1v) is 10.3. The molecular formula is C22H20FN3O2S. The SMILES string of the molecule is CC(=O)Nc1ccc(F)c(C(=O)Nc2nc(-c3ccc4c(c3)CCCC4)cs2)c1.